The quantitative estimate of drug-likeness (QED) is 0.102. The summed E-state index contributed by atoms with van der Waals surface area (Å²) in [6.45, 7) is 5.26. The Morgan fingerprint density at radius 3 is 2.42 bits per heavy atom. The minimum absolute atomic E-state index is 0.0478. The molecule has 0 radical (unpaired) electrons. The number of nitrogens with one attached hydrogen (secondary N) is 3. The molecule has 5 aromatic rings. The Balaban J connectivity index is 1.16. The first-order chi connectivity index (χ1) is 25.6. The van der Waals surface area contributed by atoms with Crippen molar-refractivity contribution in [1.82, 2.24) is 9.80 Å². The van der Waals surface area contributed by atoms with Gasteiger partial charge >= 0.3 is 6.03 Å². The fourth-order valence-electron chi connectivity index (χ4n) is 6.59. The van der Waals surface area contributed by atoms with Gasteiger partial charge in [0.15, 0.2) is 0 Å². The Labute approximate surface area is 309 Å². The number of aliphatic hydroxyl groups excluding tert-OH is 1. The van der Waals surface area contributed by atoms with Crippen molar-refractivity contribution >= 4 is 51.4 Å². The molecule has 4 amide bonds. The van der Waals surface area contributed by atoms with E-state index in [1.54, 1.807) is 47.4 Å². The molecule has 1 aliphatic heterocycles. The summed E-state index contributed by atoms with van der Waals surface area (Å²) >= 11 is 0. The van der Waals surface area contributed by atoms with Crippen LogP contribution in [0.5, 0.6) is 5.75 Å². The van der Waals surface area contributed by atoms with Crippen LogP contribution in [0.3, 0.4) is 0 Å². The normalized spacial score (nSPS) is 16.5. The molecule has 53 heavy (non-hydrogen) atoms. The van der Waals surface area contributed by atoms with E-state index in [1.165, 1.54) is 0 Å². The lowest BCUT2D eigenvalue weighted by Crippen LogP contribution is -2.47. The van der Waals surface area contributed by atoms with Gasteiger partial charge in [-0.1, -0.05) is 67.6 Å². The molecule has 0 unspecified atom stereocenters. The lowest BCUT2D eigenvalue weighted by atomic mass is 10.0. The van der Waals surface area contributed by atoms with Gasteiger partial charge < -0.3 is 36.4 Å². The summed E-state index contributed by atoms with van der Waals surface area (Å²) in [4.78, 5) is 43.5. The van der Waals surface area contributed by atoms with Crippen molar-refractivity contribution in [1.29, 1.82) is 0 Å². The minimum atomic E-state index is -0.408. The van der Waals surface area contributed by atoms with E-state index in [4.69, 9.17) is 10.5 Å². The minimum Gasteiger partial charge on any atom is -0.488 e. The fourth-order valence-corrected chi connectivity index (χ4v) is 6.59. The zero-order chi connectivity index (χ0) is 37.5. The number of likely N-dealkylation sites (N-methyl/N-ethyl adjacent to an activating group) is 1. The monoisotopic (exact) mass is 714 g/mol. The van der Waals surface area contributed by atoms with E-state index in [0.717, 1.165) is 16.3 Å². The van der Waals surface area contributed by atoms with E-state index >= 15 is 0 Å². The van der Waals surface area contributed by atoms with Gasteiger partial charge in [-0.05, 0) is 73.5 Å². The second-order valence-electron chi connectivity index (χ2n) is 13.8. The number of carbonyl (C=O) groups excluding carboxylic acids is 3. The third-order valence-electron chi connectivity index (χ3n) is 9.58. The molecule has 6 N–H and O–H groups in total. The molecule has 0 fully saturated rings. The number of rotatable bonds is 10. The summed E-state index contributed by atoms with van der Waals surface area (Å²) in [5, 5.41) is 20.7. The number of benzene rings is 5. The lowest BCUT2D eigenvalue weighted by Gasteiger charge is -2.34. The highest BCUT2D eigenvalue weighted by Crippen LogP contribution is 2.30. The maximum absolute atomic E-state index is 13.7. The van der Waals surface area contributed by atoms with Crippen LogP contribution >= 0.6 is 0 Å². The zero-order valence-electron chi connectivity index (χ0n) is 30.2. The molecule has 0 saturated heterocycles. The second-order valence-corrected chi connectivity index (χ2v) is 13.8. The van der Waals surface area contributed by atoms with Crippen LogP contribution in [0.15, 0.2) is 109 Å². The number of para-hydroxylation sites is 2. The first kappa shape index (κ1) is 36.9. The molecule has 1 heterocycles. The molecule has 11 heteroatoms. The number of fused-ring (bicyclic) bond motifs is 2. The van der Waals surface area contributed by atoms with E-state index in [1.807, 2.05) is 87.6 Å². The maximum atomic E-state index is 13.7. The Hall–Kier alpha value is -5.91. The zero-order valence-corrected chi connectivity index (χ0v) is 30.2. The van der Waals surface area contributed by atoms with Gasteiger partial charge in [0.05, 0.1) is 36.1 Å². The van der Waals surface area contributed by atoms with Gasteiger partial charge in [-0.3, -0.25) is 14.5 Å². The van der Waals surface area contributed by atoms with Crippen molar-refractivity contribution in [2.45, 2.75) is 39.0 Å². The number of nitrogens with two attached hydrogens (primary N) is 1. The highest BCUT2D eigenvalue weighted by atomic mass is 16.5. The third kappa shape index (κ3) is 9.12. The molecule has 3 atom stereocenters. The third-order valence-corrected chi connectivity index (χ3v) is 9.58. The van der Waals surface area contributed by atoms with Crippen LogP contribution in [0.4, 0.5) is 27.5 Å². The van der Waals surface area contributed by atoms with Crippen molar-refractivity contribution in [3.8, 4) is 5.75 Å². The predicted molar refractivity (Wildman–Crippen MR) is 210 cm³/mol. The van der Waals surface area contributed by atoms with Crippen LogP contribution in [-0.2, 0) is 17.8 Å². The number of hydrogen-bond donors (Lipinski definition) is 5. The molecular weight excluding hydrogens is 668 g/mol. The Bertz CT molecular complexity index is 2080. The molecule has 0 aliphatic carbocycles. The number of aliphatic hydroxyl groups is 1. The lowest BCUT2D eigenvalue weighted by molar-refractivity contribution is -0.134. The molecule has 11 nitrogen and oxygen atoms in total. The molecule has 0 saturated carbocycles. The van der Waals surface area contributed by atoms with E-state index in [0.29, 0.717) is 59.3 Å². The van der Waals surface area contributed by atoms with E-state index in [2.05, 4.69) is 20.9 Å². The summed E-state index contributed by atoms with van der Waals surface area (Å²) in [7, 11) is 2.00. The van der Waals surface area contributed by atoms with Crippen LogP contribution < -0.4 is 26.4 Å². The first-order valence-corrected chi connectivity index (χ1v) is 17.8. The van der Waals surface area contributed by atoms with Crippen molar-refractivity contribution in [3.63, 3.8) is 0 Å². The molecular formula is C42H46N6O5. The average molecular weight is 715 g/mol. The van der Waals surface area contributed by atoms with Crippen LogP contribution in [0.25, 0.3) is 10.8 Å². The van der Waals surface area contributed by atoms with Crippen LogP contribution in [0.2, 0.25) is 0 Å². The Morgan fingerprint density at radius 2 is 1.64 bits per heavy atom. The highest BCUT2D eigenvalue weighted by molar-refractivity contribution is 6.07. The second kappa shape index (κ2) is 16.6. The SMILES string of the molecule is C[C@@H]1CN([C@@H](C)CO)C(=O)Cc2cc(NC(=O)Nc3cccc4ccccc34)ccc2O[C@@H]1CN(C)Cc1ccc(C(=O)Nc2ccccc2N)cc1. The summed E-state index contributed by atoms with van der Waals surface area (Å²) in [6.07, 6.45) is -0.264. The Morgan fingerprint density at radius 1 is 0.925 bits per heavy atom. The number of anilines is 4. The van der Waals surface area contributed by atoms with Crippen molar-refractivity contribution in [3.05, 3.63) is 126 Å². The molecule has 0 spiro atoms. The number of urea groups is 1. The van der Waals surface area contributed by atoms with Gasteiger partial charge in [-0.2, -0.15) is 0 Å². The standard InChI is InChI=1S/C42H46N6O5/c1-27-23-48(28(2)26-49)40(50)22-32-21-33(44-42(52)46-36-14-8-10-30-9-4-5-11-34(30)36)19-20-38(32)53-39(27)25-47(3)24-29-15-17-31(18-16-29)41(51)45-37-13-7-6-12-35(37)43/h4-21,27-28,39,49H,22-26,43H2,1-3H3,(H,45,51)(H2,44,46,52)/t27-,28+,39-/m1/s1. The fraction of sp³-hybridized carbons (Fsp3) is 0.262. The van der Waals surface area contributed by atoms with Crippen LogP contribution in [-0.4, -0.2) is 71.6 Å². The van der Waals surface area contributed by atoms with Gasteiger partial charge in [0.25, 0.3) is 5.91 Å². The van der Waals surface area contributed by atoms with E-state index in [-0.39, 0.29) is 42.9 Å². The van der Waals surface area contributed by atoms with Crippen LogP contribution in [0.1, 0.15) is 35.3 Å². The summed E-state index contributed by atoms with van der Waals surface area (Å²) in [5.74, 6) is 0.113. The Kier molecular flexibility index (Phi) is 11.6. The molecule has 0 bridgehead atoms. The molecule has 274 valence electrons. The van der Waals surface area contributed by atoms with E-state index < -0.39 is 6.03 Å². The van der Waals surface area contributed by atoms with Crippen molar-refractivity contribution in [2.24, 2.45) is 5.92 Å². The number of nitrogen functional groups attached to an aromatic ring is 1. The van der Waals surface area contributed by atoms with Gasteiger partial charge in [0, 0.05) is 47.8 Å². The van der Waals surface area contributed by atoms with Crippen LogP contribution in [0, 0.1) is 5.92 Å². The highest BCUT2D eigenvalue weighted by Gasteiger charge is 2.31. The maximum Gasteiger partial charge on any atom is 0.323 e. The average Bonchev–Trinajstić information content (AvgIpc) is 3.19. The van der Waals surface area contributed by atoms with Crippen molar-refractivity contribution in [2.75, 3.05) is 48.4 Å². The summed E-state index contributed by atoms with van der Waals surface area (Å²) in [6, 6.07) is 32.7. The van der Waals surface area contributed by atoms with Gasteiger partial charge in [0.2, 0.25) is 5.91 Å². The van der Waals surface area contributed by atoms with Gasteiger partial charge in [0.1, 0.15) is 11.9 Å². The molecule has 0 aromatic heterocycles. The molecule has 5 aromatic carbocycles. The number of hydrogen-bond acceptors (Lipinski definition) is 7. The van der Waals surface area contributed by atoms with Gasteiger partial charge in [-0.25, -0.2) is 4.79 Å². The van der Waals surface area contributed by atoms with Gasteiger partial charge in [-0.15, -0.1) is 0 Å². The largest absolute Gasteiger partial charge is 0.488 e. The van der Waals surface area contributed by atoms with E-state index in [9.17, 15) is 19.5 Å². The van der Waals surface area contributed by atoms with Crippen molar-refractivity contribution < 1.29 is 24.2 Å². The number of amides is 4. The topological polar surface area (TPSA) is 149 Å². The predicted octanol–water partition coefficient (Wildman–Crippen LogP) is 6.60. The number of carbonyl (C=O) groups is 3. The smallest absolute Gasteiger partial charge is 0.323 e. The number of nitrogens with zero attached hydrogens (tertiary/aromatic N) is 2. The molecule has 6 rings (SSSR count). The molecule has 1 aliphatic rings. The first-order valence-electron chi connectivity index (χ1n) is 17.8. The summed E-state index contributed by atoms with van der Waals surface area (Å²) in [5.41, 5.74) is 10.4. The summed E-state index contributed by atoms with van der Waals surface area (Å²) < 4.78 is 6.69. The number of ether oxygens (including phenoxy) is 1.